The summed E-state index contributed by atoms with van der Waals surface area (Å²) in [4.78, 5) is 11.7. The smallest absolute Gasteiger partial charge is 0.309 e. The molecule has 0 aliphatic carbocycles. The van der Waals surface area contributed by atoms with Gasteiger partial charge in [0.2, 0.25) is 0 Å². The van der Waals surface area contributed by atoms with Crippen LogP contribution in [0.15, 0.2) is 0 Å². The van der Waals surface area contributed by atoms with E-state index >= 15 is 0 Å². The van der Waals surface area contributed by atoms with Gasteiger partial charge in [0.15, 0.2) is 0 Å². The van der Waals surface area contributed by atoms with Crippen LogP contribution in [0, 0.1) is 5.92 Å². The molecule has 2 aliphatic rings. The summed E-state index contributed by atoms with van der Waals surface area (Å²) < 4.78 is 32.7. The van der Waals surface area contributed by atoms with Gasteiger partial charge in [-0.05, 0) is 33.1 Å². The van der Waals surface area contributed by atoms with Gasteiger partial charge in [0.1, 0.15) is 0 Å². The van der Waals surface area contributed by atoms with Crippen LogP contribution in [-0.2, 0) is 19.7 Å². The largest absolute Gasteiger partial charge is 0.466 e. The van der Waals surface area contributed by atoms with Gasteiger partial charge in [-0.3, -0.25) is 4.79 Å². The Morgan fingerprint density at radius 3 is 2.38 bits per heavy atom. The van der Waals surface area contributed by atoms with E-state index in [0.29, 0.717) is 45.5 Å². The normalized spacial score (nSPS) is 29.7. The lowest BCUT2D eigenvalue weighted by Gasteiger charge is -2.33. The molecule has 1 atom stereocenters. The number of rotatable bonds is 4. The molecule has 2 fully saturated rings. The number of carbonyl (C=O) groups is 1. The topological polar surface area (TPSA) is 87.2 Å². The Hall–Kier alpha value is -0.700. The predicted molar refractivity (Wildman–Crippen MR) is 76.7 cm³/mol. The zero-order valence-electron chi connectivity index (χ0n) is 12.6. The first-order valence-electron chi connectivity index (χ1n) is 7.40. The van der Waals surface area contributed by atoms with Crippen molar-refractivity contribution in [2.75, 3.05) is 32.8 Å². The highest BCUT2D eigenvalue weighted by Gasteiger charge is 2.41. The van der Waals surface area contributed by atoms with E-state index in [-0.39, 0.29) is 18.4 Å². The molecule has 0 spiro atoms. The Kier molecular flexibility index (Phi) is 4.92. The Balaban J connectivity index is 1.94. The molecule has 0 aromatic heterocycles. The minimum absolute atomic E-state index is 0.132. The molecule has 0 aromatic carbocycles. The Morgan fingerprint density at radius 2 is 1.90 bits per heavy atom. The van der Waals surface area contributed by atoms with Crippen LogP contribution in [0.4, 0.5) is 0 Å². The van der Waals surface area contributed by atoms with Crippen molar-refractivity contribution in [1.29, 1.82) is 0 Å². The van der Waals surface area contributed by atoms with Crippen LogP contribution in [0.3, 0.4) is 0 Å². The van der Waals surface area contributed by atoms with Gasteiger partial charge in [-0.15, -0.1) is 0 Å². The monoisotopic (exact) mass is 320 g/mol. The van der Waals surface area contributed by atoms with Crippen molar-refractivity contribution >= 4 is 16.2 Å². The maximum atomic E-state index is 12.5. The fourth-order valence-corrected chi connectivity index (χ4v) is 4.61. The van der Waals surface area contributed by atoms with Gasteiger partial charge in [0.25, 0.3) is 10.2 Å². The van der Waals surface area contributed by atoms with E-state index in [1.807, 2.05) is 0 Å². The molecule has 1 N–H and O–H groups in total. The first kappa shape index (κ1) is 16.7. The summed E-state index contributed by atoms with van der Waals surface area (Å²) in [5.41, 5.74) is -0.948. The average molecular weight is 320 g/mol. The molecule has 0 saturated carbocycles. The maximum absolute atomic E-state index is 12.5. The van der Waals surface area contributed by atoms with Crippen molar-refractivity contribution in [2.24, 2.45) is 5.92 Å². The lowest BCUT2D eigenvalue weighted by Crippen LogP contribution is -2.48. The van der Waals surface area contributed by atoms with Crippen molar-refractivity contribution in [3.63, 3.8) is 0 Å². The third kappa shape index (κ3) is 3.74. The van der Waals surface area contributed by atoms with Crippen LogP contribution < -0.4 is 0 Å². The van der Waals surface area contributed by atoms with Gasteiger partial charge in [-0.1, -0.05) is 0 Å². The van der Waals surface area contributed by atoms with Crippen molar-refractivity contribution in [1.82, 2.24) is 8.61 Å². The van der Waals surface area contributed by atoms with E-state index in [2.05, 4.69) is 0 Å². The van der Waals surface area contributed by atoms with Gasteiger partial charge in [-0.25, -0.2) is 0 Å². The molecule has 2 rings (SSSR count). The first-order valence-corrected chi connectivity index (χ1v) is 8.80. The number of ether oxygens (including phenoxy) is 1. The number of piperidine rings is 1. The molecular weight excluding hydrogens is 296 g/mol. The molecule has 21 heavy (non-hydrogen) atoms. The van der Waals surface area contributed by atoms with Crippen LogP contribution in [0.1, 0.15) is 33.1 Å². The van der Waals surface area contributed by atoms with E-state index in [4.69, 9.17) is 4.74 Å². The number of esters is 1. The SMILES string of the molecule is CCOC(=O)C1CCN(S(=O)(=O)N2CCC(C)(O)C2)CC1. The van der Waals surface area contributed by atoms with Crippen molar-refractivity contribution < 1.29 is 23.1 Å². The second-order valence-corrected chi connectivity index (χ2v) is 7.94. The molecule has 0 bridgehead atoms. The lowest BCUT2D eigenvalue weighted by molar-refractivity contribution is -0.149. The van der Waals surface area contributed by atoms with Gasteiger partial charge in [0, 0.05) is 26.2 Å². The number of carbonyl (C=O) groups excluding carboxylic acids is 1. The fourth-order valence-electron chi connectivity index (χ4n) is 2.85. The highest BCUT2D eigenvalue weighted by molar-refractivity contribution is 7.86. The maximum Gasteiger partial charge on any atom is 0.309 e. The Labute approximate surface area is 126 Å². The highest BCUT2D eigenvalue weighted by Crippen LogP contribution is 2.27. The molecule has 2 aliphatic heterocycles. The molecule has 2 heterocycles. The number of nitrogens with zero attached hydrogens (tertiary/aromatic N) is 2. The molecule has 1 unspecified atom stereocenters. The molecular formula is C13H24N2O5S. The zero-order chi connectivity index (χ0) is 15.7. The van der Waals surface area contributed by atoms with E-state index in [9.17, 15) is 18.3 Å². The van der Waals surface area contributed by atoms with E-state index in [0.717, 1.165) is 0 Å². The third-order valence-corrected chi connectivity index (χ3v) is 6.13. The zero-order valence-corrected chi connectivity index (χ0v) is 13.4. The first-order chi connectivity index (χ1) is 9.76. The number of hydrogen-bond donors (Lipinski definition) is 1. The van der Waals surface area contributed by atoms with Gasteiger partial charge in [0.05, 0.1) is 18.1 Å². The predicted octanol–water partition coefficient (Wildman–Crippen LogP) is -0.0370. The number of hydrogen-bond acceptors (Lipinski definition) is 5. The van der Waals surface area contributed by atoms with Crippen LogP contribution in [-0.4, -0.2) is 66.5 Å². The van der Waals surface area contributed by atoms with Crippen LogP contribution >= 0.6 is 0 Å². The number of aliphatic hydroxyl groups is 1. The summed E-state index contributed by atoms with van der Waals surface area (Å²) >= 11 is 0. The quantitative estimate of drug-likeness (QED) is 0.735. The summed E-state index contributed by atoms with van der Waals surface area (Å²) in [6, 6.07) is 0. The van der Waals surface area contributed by atoms with Gasteiger partial charge < -0.3 is 9.84 Å². The standard InChI is InChI=1S/C13H24N2O5S/c1-3-20-12(16)11-4-7-14(8-5-11)21(18,19)15-9-6-13(2,17)10-15/h11,17H,3-10H2,1-2H3. The van der Waals surface area contributed by atoms with E-state index in [1.165, 1.54) is 8.61 Å². The summed E-state index contributed by atoms with van der Waals surface area (Å²) in [6.45, 7) is 4.88. The molecule has 0 amide bonds. The van der Waals surface area contributed by atoms with E-state index in [1.54, 1.807) is 13.8 Å². The van der Waals surface area contributed by atoms with Gasteiger partial charge in [-0.2, -0.15) is 17.0 Å². The van der Waals surface area contributed by atoms with Gasteiger partial charge >= 0.3 is 5.97 Å². The lowest BCUT2D eigenvalue weighted by atomic mass is 9.98. The second-order valence-electron chi connectivity index (χ2n) is 6.01. The van der Waals surface area contributed by atoms with E-state index < -0.39 is 15.8 Å². The minimum Gasteiger partial charge on any atom is -0.466 e. The Morgan fingerprint density at radius 1 is 1.29 bits per heavy atom. The fraction of sp³-hybridized carbons (Fsp3) is 0.923. The number of β-amino-alcohol motifs (C(OH)–C–C–N with tert-alkyl or cyclic N) is 1. The third-order valence-electron chi connectivity index (χ3n) is 4.14. The molecule has 0 aromatic rings. The van der Waals surface area contributed by atoms with Crippen molar-refractivity contribution in [2.45, 2.75) is 38.7 Å². The Bertz CT molecular complexity index is 483. The molecule has 122 valence electrons. The van der Waals surface area contributed by atoms with Crippen molar-refractivity contribution in [3.05, 3.63) is 0 Å². The van der Waals surface area contributed by atoms with Crippen LogP contribution in [0.5, 0.6) is 0 Å². The van der Waals surface area contributed by atoms with Crippen molar-refractivity contribution in [3.8, 4) is 0 Å². The molecule has 0 radical (unpaired) electrons. The summed E-state index contributed by atoms with van der Waals surface area (Å²) in [7, 11) is -3.54. The summed E-state index contributed by atoms with van der Waals surface area (Å²) in [6.07, 6.45) is 1.43. The van der Waals surface area contributed by atoms with Crippen LogP contribution in [0.2, 0.25) is 0 Å². The highest BCUT2D eigenvalue weighted by atomic mass is 32.2. The summed E-state index contributed by atoms with van der Waals surface area (Å²) in [5.74, 6) is -0.447. The average Bonchev–Trinajstić information content (AvgIpc) is 2.80. The minimum atomic E-state index is -3.54. The molecule has 2 saturated heterocycles. The molecule has 8 heteroatoms. The summed E-state index contributed by atoms with van der Waals surface area (Å²) in [5, 5.41) is 9.91. The molecule has 7 nitrogen and oxygen atoms in total. The van der Waals surface area contributed by atoms with Crippen LogP contribution in [0.25, 0.3) is 0 Å². The second kappa shape index (κ2) is 6.20.